The first kappa shape index (κ1) is 25.8. The molecule has 37 heavy (non-hydrogen) atoms. The summed E-state index contributed by atoms with van der Waals surface area (Å²) in [7, 11) is 1.35. The summed E-state index contributed by atoms with van der Waals surface area (Å²) in [5.41, 5.74) is -3.41. The number of nitrogens with one attached hydrogen (secondary N) is 1. The summed E-state index contributed by atoms with van der Waals surface area (Å²) in [5, 5.41) is 2.12. The Labute approximate surface area is 210 Å². The maximum atomic E-state index is 14.3. The largest absolute Gasteiger partial charge is 0.495 e. The number of benzene rings is 2. The lowest BCUT2D eigenvalue weighted by Gasteiger charge is -2.23. The number of amides is 2. The summed E-state index contributed by atoms with van der Waals surface area (Å²) in [6.07, 6.45) is -5.02. The van der Waals surface area contributed by atoms with Crippen LogP contribution in [0.1, 0.15) is 30.7 Å². The number of aryl methyl sites for hydroxylation is 1. The van der Waals surface area contributed by atoms with E-state index in [2.05, 4.69) is 5.10 Å². The van der Waals surface area contributed by atoms with Gasteiger partial charge in [-0.1, -0.05) is 24.3 Å². The molecule has 1 aromatic heterocycles. The lowest BCUT2D eigenvalue weighted by Crippen LogP contribution is -2.35. The molecule has 3 aromatic rings. The van der Waals surface area contributed by atoms with Gasteiger partial charge < -0.3 is 9.64 Å². The summed E-state index contributed by atoms with van der Waals surface area (Å²) in [5.74, 6) is -1.70. The molecule has 2 amide bonds. The van der Waals surface area contributed by atoms with E-state index < -0.39 is 40.4 Å². The third-order valence-electron chi connectivity index (χ3n) is 6.15. The van der Waals surface area contributed by atoms with E-state index in [-0.39, 0.29) is 35.9 Å². The van der Waals surface area contributed by atoms with Crippen LogP contribution >= 0.6 is 0 Å². The number of rotatable bonds is 7. The molecule has 2 heterocycles. The third-order valence-corrected chi connectivity index (χ3v) is 6.15. The molecule has 1 aliphatic heterocycles. The van der Waals surface area contributed by atoms with Crippen LogP contribution in [0.4, 0.5) is 18.9 Å². The zero-order valence-electron chi connectivity index (χ0n) is 20.6. The number of H-pyrrole nitrogens is 1. The zero-order chi connectivity index (χ0) is 27.1. The number of likely N-dealkylation sites (N-methyl/N-ethyl adjacent to an activating group) is 1. The number of methoxy groups -OCH3 is 1. The van der Waals surface area contributed by atoms with E-state index in [9.17, 15) is 27.6 Å². The van der Waals surface area contributed by atoms with Crippen LogP contribution in [0.2, 0.25) is 0 Å². The number of carbonyl (C=O) groups excluding carboxylic acids is 2. The molecule has 0 saturated carbocycles. The quantitative estimate of drug-likeness (QED) is 0.479. The Balaban J connectivity index is 2.05. The molecular weight excluding hydrogens is 489 g/mol. The molecule has 0 spiro atoms. The van der Waals surface area contributed by atoms with Crippen molar-refractivity contribution >= 4 is 23.1 Å². The molecule has 0 unspecified atom stereocenters. The molecule has 0 bridgehead atoms. The van der Waals surface area contributed by atoms with E-state index in [1.165, 1.54) is 30.2 Å². The predicted octanol–water partition coefficient (Wildman–Crippen LogP) is 4.13. The van der Waals surface area contributed by atoms with Crippen molar-refractivity contribution in [2.24, 2.45) is 0 Å². The molecule has 194 valence electrons. The minimum Gasteiger partial charge on any atom is -0.495 e. The normalized spacial score (nSPS) is 14.1. The molecule has 0 radical (unpaired) electrons. The van der Waals surface area contributed by atoms with Crippen molar-refractivity contribution in [1.29, 1.82) is 0 Å². The summed E-state index contributed by atoms with van der Waals surface area (Å²) >= 11 is 0. The number of carbonyl (C=O) groups is 2. The van der Waals surface area contributed by atoms with Gasteiger partial charge >= 0.3 is 6.18 Å². The minimum atomic E-state index is -5.02. The van der Waals surface area contributed by atoms with Crippen LogP contribution in [0.15, 0.2) is 59.0 Å². The van der Waals surface area contributed by atoms with Gasteiger partial charge in [0.1, 0.15) is 11.4 Å². The monoisotopic (exact) mass is 514 g/mol. The molecule has 0 fully saturated rings. The van der Waals surface area contributed by atoms with Crippen LogP contribution in [0.3, 0.4) is 0 Å². The Hall–Kier alpha value is -4.28. The van der Waals surface area contributed by atoms with Crippen molar-refractivity contribution in [3.8, 4) is 11.4 Å². The lowest BCUT2D eigenvalue weighted by atomic mass is 10.0. The second-order valence-electron chi connectivity index (χ2n) is 8.35. The number of anilines is 1. The second kappa shape index (κ2) is 9.64. The summed E-state index contributed by atoms with van der Waals surface area (Å²) < 4.78 is 48.9. The molecular formula is C26H25F3N4O4. The average molecular weight is 515 g/mol. The molecule has 1 aliphatic rings. The van der Waals surface area contributed by atoms with Crippen molar-refractivity contribution in [1.82, 2.24) is 14.7 Å². The highest BCUT2D eigenvalue weighted by Gasteiger charge is 2.48. The Morgan fingerprint density at radius 1 is 0.973 bits per heavy atom. The second-order valence-corrected chi connectivity index (χ2v) is 8.35. The molecule has 4 rings (SSSR count). The van der Waals surface area contributed by atoms with Crippen LogP contribution in [0.25, 0.3) is 11.3 Å². The van der Waals surface area contributed by atoms with Gasteiger partial charge in [-0.15, -0.1) is 0 Å². The van der Waals surface area contributed by atoms with Crippen LogP contribution in [-0.4, -0.2) is 46.7 Å². The highest BCUT2D eigenvalue weighted by molar-refractivity contribution is 6.45. The van der Waals surface area contributed by atoms with Crippen LogP contribution < -0.4 is 15.2 Å². The highest BCUT2D eigenvalue weighted by Crippen LogP contribution is 2.41. The van der Waals surface area contributed by atoms with Crippen LogP contribution in [0.5, 0.6) is 5.75 Å². The highest BCUT2D eigenvalue weighted by atomic mass is 19.4. The molecule has 0 atom stereocenters. The van der Waals surface area contributed by atoms with E-state index in [4.69, 9.17) is 4.74 Å². The van der Waals surface area contributed by atoms with Gasteiger partial charge in [0.15, 0.2) is 5.69 Å². The van der Waals surface area contributed by atoms with Gasteiger partial charge in [-0.2, -0.15) is 13.2 Å². The number of hydrogen-bond donors (Lipinski definition) is 1. The van der Waals surface area contributed by atoms with Gasteiger partial charge in [0, 0.05) is 13.1 Å². The van der Waals surface area contributed by atoms with E-state index in [0.717, 1.165) is 9.58 Å². The maximum Gasteiger partial charge on any atom is 0.433 e. The first-order valence-corrected chi connectivity index (χ1v) is 11.6. The van der Waals surface area contributed by atoms with Gasteiger partial charge in [-0.25, -0.2) is 9.58 Å². The SMILES string of the molecule is CCN(CC)C1=C(c2c(C(F)(F)F)[nH]n(-c3ccccc3)c2=O)C(=O)N(c2cc(C)ccc2OC)C1=O. The van der Waals surface area contributed by atoms with Gasteiger partial charge in [-0.3, -0.25) is 19.5 Å². The number of para-hydroxylation sites is 1. The fourth-order valence-electron chi connectivity index (χ4n) is 4.40. The Kier molecular flexibility index (Phi) is 6.72. The standard InChI is InChI=1S/C26H25F3N4O4/c1-5-31(6-2)21-19(23(34)32(25(21)36)17-14-15(3)12-13-18(17)37-4)20-22(26(27,28)29)30-33(24(20)35)16-10-8-7-9-11-16/h7-14,30H,5-6H2,1-4H3. The van der Waals surface area contributed by atoms with Crippen molar-refractivity contribution < 1.29 is 27.5 Å². The Bertz CT molecular complexity index is 1450. The van der Waals surface area contributed by atoms with Gasteiger partial charge in [0.25, 0.3) is 17.4 Å². The van der Waals surface area contributed by atoms with Gasteiger partial charge in [0.05, 0.1) is 29.6 Å². The fraction of sp³-hybridized carbons (Fsp3) is 0.269. The summed E-state index contributed by atoms with van der Waals surface area (Å²) in [4.78, 5) is 43.3. The Morgan fingerprint density at radius 2 is 1.62 bits per heavy atom. The number of ether oxygens (including phenoxy) is 1. The van der Waals surface area contributed by atoms with E-state index >= 15 is 0 Å². The summed E-state index contributed by atoms with van der Waals surface area (Å²) in [6, 6.07) is 12.5. The average Bonchev–Trinajstić information content (AvgIpc) is 3.33. The minimum absolute atomic E-state index is 0.0737. The number of nitrogens with zero attached hydrogens (tertiary/aromatic N) is 3. The Morgan fingerprint density at radius 3 is 2.19 bits per heavy atom. The fourth-order valence-corrected chi connectivity index (χ4v) is 4.40. The first-order valence-electron chi connectivity index (χ1n) is 11.6. The topological polar surface area (TPSA) is 87.6 Å². The number of aromatic amines is 1. The molecule has 0 aliphatic carbocycles. The maximum absolute atomic E-state index is 14.3. The molecule has 1 N–H and O–H groups in total. The number of hydrogen-bond acceptors (Lipinski definition) is 5. The number of halogens is 3. The molecule has 11 heteroatoms. The van der Waals surface area contributed by atoms with Gasteiger partial charge in [-0.05, 0) is 50.6 Å². The van der Waals surface area contributed by atoms with Crippen molar-refractivity contribution in [2.75, 3.05) is 25.1 Å². The van der Waals surface area contributed by atoms with Crippen molar-refractivity contribution in [2.45, 2.75) is 26.9 Å². The van der Waals surface area contributed by atoms with Crippen LogP contribution in [0, 0.1) is 6.92 Å². The van der Waals surface area contributed by atoms with Crippen molar-refractivity contribution in [3.05, 3.63) is 81.4 Å². The first-order chi connectivity index (χ1) is 17.5. The van der Waals surface area contributed by atoms with E-state index in [1.807, 2.05) is 0 Å². The lowest BCUT2D eigenvalue weighted by molar-refractivity contribution is -0.141. The zero-order valence-corrected chi connectivity index (χ0v) is 20.6. The molecule has 0 saturated heterocycles. The van der Waals surface area contributed by atoms with Crippen LogP contribution in [-0.2, 0) is 15.8 Å². The molecule has 8 nitrogen and oxygen atoms in total. The van der Waals surface area contributed by atoms with E-state index in [0.29, 0.717) is 5.56 Å². The van der Waals surface area contributed by atoms with E-state index in [1.54, 1.807) is 51.1 Å². The smallest absolute Gasteiger partial charge is 0.433 e. The summed E-state index contributed by atoms with van der Waals surface area (Å²) in [6.45, 7) is 5.56. The number of imide groups is 1. The van der Waals surface area contributed by atoms with Crippen molar-refractivity contribution in [3.63, 3.8) is 0 Å². The predicted molar refractivity (Wildman–Crippen MR) is 131 cm³/mol. The number of alkyl halides is 3. The molecule has 2 aromatic carbocycles. The van der Waals surface area contributed by atoms with Gasteiger partial charge in [0.2, 0.25) is 0 Å². The third kappa shape index (κ3) is 4.30. The number of aromatic nitrogens is 2.